The van der Waals surface area contributed by atoms with Gasteiger partial charge in [-0.1, -0.05) is 0 Å². The van der Waals surface area contributed by atoms with Crippen molar-refractivity contribution >= 4 is 17.7 Å². The molecule has 3 N–H and O–H groups in total. The number of benzene rings is 1. The zero-order chi connectivity index (χ0) is 15.1. The van der Waals surface area contributed by atoms with E-state index in [4.69, 9.17) is 0 Å². The summed E-state index contributed by atoms with van der Waals surface area (Å²) in [6, 6.07) is 3.40. The quantitative estimate of drug-likeness (QED) is 0.626. The highest BCUT2D eigenvalue weighted by molar-refractivity contribution is 6.09. The molecule has 0 atom stereocenters. The van der Waals surface area contributed by atoms with E-state index >= 15 is 0 Å². The second-order valence-corrected chi connectivity index (χ2v) is 5.07. The molecule has 20 heavy (non-hydrogen) atoms. The first kappa shape index (κ1) is 13.9. The van der Waals surface area contributed by atoms with Crippen molar-refractivity contribution in [3.8, 4) is 11.5 Å². The van der Waals surface area contributed by atoms with Crippen LogP contribution in [0.4, 0.5) is 0 Å². The molecule has 1 aromatic rings. The Morgan fingerprint density at radius 3 is 2.30 bits per heavy atom. The van der Waals surface area contributed by atoms with Gasteiger partial charge in [0.15, 0.2) is 0 Å². The Kier molecular flexibility index (Phi) is 3.13. The zero-order valence-electron chi connectivity index (χ0n) is 11.0. The van der Waals surface area contributed by atoms with Crippen LogP contribution in [-0.4, -0.2) is 44.9 Å². The van der Waals surface area contributed by atoms with Crippen molar-refractivity contribution in [2.24, 2.45) is 0 Å². The number of aromatic hydroxyl groups is 2. The lowest BCUT2D eigenvalue weighted by Gasteiger charge is -2.40. The molecule has 7 nitrogen and oxygen atoms in total. The minimum absolute atomic E-state index is 0.00178. The fourth-order valence-corrected chi connectivity index (χ4v) is 1.98. The predicted octanol–water partition coefficient (Wildman–Crippen LogP) is -0.0250. The van der Waals surface area contributed by atoms with E-state index in [-0.39, 0.29) is 23.6 Å². The molecule has 1 aromatic carbocycles. The first-order valence-corrected chi connectivity index (χ1v) is 5.91. The number of nitrogens with one attached hydrogen (secondary N) is 1. The summed E-state index contributed by atoms with van der Waals surface area (Å²) in [5, 5.41) is 21.0. The molecule has 0 unspecified atom stereocenters. The summed E-state index contributed by atoms with van der Waals surface area (Å²) >= 11 is 0. The van der Waals surface area contributed by atoms with Crippen LogP contribution in [0.15, 0.2) is 18.2 Å². The highest BCUT2D eigenvalue weighted by Crippen LogP contribution is 2.25. The predicted molar refractivity (Wildman–Crippen MR) is 68.0 cm³/mol. The molecule has 0 spiro atoms. The monoisotopic (exact) mass is 278 g/mol. The fourth-order valence-electron chi connectivity index (χ4n) is 1.98. The SMILES string of the molecule is CC1(C)C(=O)NC(=O)CN1C(=O)c1cc(O)cc(O)c1. The highest BCUT2D eigenvalue weighted by atomic mass is 16.3. The summed E-state index contributed by atoms with van der Waals surface area (Å²) in [6.07, 6.45) is 0. The van der Waals surface area contributed by atoms with Crippen LogP contribution in [0.1, 0.15) is 24.2 Å². The summed E-state index contributed by atoms with van der Waals surface area (Å²) in [7, 11) is 0. The molecular formula is C13H14N2O5. The highest BCUT2D eigenvalue weighted by Gasteiger charge is 2.43. The molecule has 0 radical (unpaired) electrons. The molecule has 1 saturated heterocycles. The van der Waals surface area contributed by atoms with E-state index in [0.29, 0.717) is 0 Å². The molecule has 0 aliphatic carbocycles. The first-order chi connectivity index (χ1) is 9.21. The van der Waals surface area contributed by atoms with Crippen molar-refractivity contribution in [1.29, 1.82) is 0 Å². The van der Waals surface area contributed by atoms with Crippen LogP contribution < -0.4 is 5.32 Å². The van der Waals surface area contributed by atoms with Gasteiger partial charge >= 0.3 is 0 Å². The van der Waals surface area contributed by atoms with Crippen LogP contribution in [0.25, 0.3) is 0 Å². The van der Waals surface area contributed by atoms with Gasteiger partial charge in [-0.05, 0) is 26.0 Å². The Morgan fingerprint density at radius 2 is 1.75 bits per heavy atom. The molecule has 1 aliphatic heterocycles. The molecule has 1 aliphatic rings. The first-order valence-electron chi connectivity index (χ1n) is 5.91. The summed E-state index contributed by atoms with van der Waals surface area (Å²) in [5.41, 5.74) is -1.20. The number of hydrogen-bond acceptors (Lipinski definition) is 5. The largest absolute Gasteiger partial charge is 0.508 e. The van der Waals surface area contributed by atoms with Gasteiger partial charge in [0.05, 0.1) is 0 Å². The third-order valence-corrected chi connectivity index (χ3v) is 3.18. The molecule has 1 heterocycles. The van der Waals surface area contributed by atoms with Crippen molar-refractivity contribution in [3.05, 3.63) is 23.8 Å². The number of rotatable bonds is 1. The van der Waals surface area contributed by atoms with Gasteiger partial charge in [-0.15, -0.1) is 0 Å². The van der Waals surface area contributed by atoms with Crippen LogP contribution in [0, 0.1) is 0 Å². The Morgan fingerprint density at radius 1 is 1.20 bits per heavy atom. The number of carbonyl (C=O) groups excluding carboxylic acids is 3. The third kappa shape index (κ3) is 2.29. The maximum Gasteiger partial charge on any atom is 0.255 e. The summed E-state index contributed by atoms with van der Waals surface area (Å²) in [4.78, 5) is 36.7. The van der Waals surface area contributed by atoms with Crippen molar-refractivity contribution < 1.29 is 24.6 Å². The topological polar surface area (TPSA) is 107 Å². The summed E-state index contributed by atoms with van der Waals surface area (Å²) < 4.78 is 0. The number of amides is 3. The molecule has 106 valence electrons. The number of nitrogens with zero attached hydrogens (tertiary/aromatic N) is 1. The smallest absolute Gasteiger partial charge is 0.255 e. The fraction of sp³-hybridized carbons (Fsp3) is 0.308. The van der Waals surface area contributed by atoms with Gasteiger partial charge in [0.2, 0.25) is 5.91 Å². The molecule has 7 heteroatoms. The van der Waals surface area contributed by atoms with Crippen LogP contribution in [0.5, 0.6) is 11.5 Å². The minimum atomic E-state index is -1.20. The van der Waals surface area contributed by atoms with Gasteiger partial charge in [-0.2, -0.15) is 0 Å². The number of piperazine rings is 1. The van der Waals surface area contributed by atoms with E-state index in [0.717, 1.165) is 23.1 Å². The second kappa shape index (κ2) is 4.52. The molecule has 0 saturated carbocycles. The molecule has 0 bridgehead atoms. The van der Waals surface area contributed by atoms with Gasteiger partial charge in [0.1, 0.15) is 23.6 Å². The van der Waals surface area contributed by atoms with Gasteiger partial charge in [-0.3, -0.25) is 19.7 Å². The van der Waals surface area contributed by atoms with Crippen molar-refractivity contribution in [3.63, 3.8) is 0 Å². The minimum Gasteiger partial charge on any atom is -0.508 e. The Labute approximate surface area is 114 Å². The van der Waals surface area contributed by atoms with Crippen LogP contribution in [0.2, 0.25) is 0 Å². The summed E-state index contributed by atoms with van der Waals surface area (Å²) in [5.74, 6) is -2.33. The lowest BCUT2D eigenvalue weighted by atomic mass is 9.97. The van der Waals surface area contributed by atoms with Gasteiger partial charge in [-0.25, -0.2) is 0 Å². The maximum atomic E-state index is 12.4. The third-order valence-electron chi connectivity index (χ3n) is 3.18. The normalized spacial score (nSPS) is 17.8. The Hall–Kier alpha value is -2.57. The van der Waals surface area contributed by atoms with Crippen LogP contribution >= 0.6 is 0 Å². The van der Waals surface area contributed by atoms with Crippen molar-refractivity contribution in [1.82, 2.24) is 10.2 Å². The van der Waals surface area contributed by atoms with E-state index in [9.17, 15) is 24.6 Å². The second-order valence-electron chi connectivity index (χ2n) is 5.07. The number of phenolic OH excluding ortho intramolecular Hbond substituents is 2. The lowest BCUT2D eigenvalue weighted by molar-refractivity contribution is -0.143. The van der Waals surface area contributed by atoms with E-state index in [1.165, 1.54) is 13.8 Å². The van der Waals surface area contributed by atoms with Crippen LogP contribution in [-0.2, 0) is 9.59 Å². The van der Waals surface area contributed by atoms with E-state index in [1.807, 2.05) is 0 Å². The van der Waals surface area contributed by atoms with Crippen molar-refractivity contribution in [2.75, 3.05) is 6.54 Å². The standard InChI is InChI=1S/C13H14N2O5/c1-13(2)12(20)14-10(18)6-15(13)11(19)7-3-8(16)5-9(17)4-7/h3-5,16-17H,6H2,1-2H3,(H,14,18,20). The van der Waals surface area contributed by atoms with Crippen molar-refractivity contribution in [2.45, 2.75) is 19.4 Å². The molecule has 0 aromatic heterocycles. The zero-order valence-corrected chi connectivity index (χ0v) is 11.0. The van der Waals surface area contributed by atoms with E-state index < -0.39 is 23.3 Å². The van der Waals surface area contributed by atoms with E-state index in [2.05, 4.69) is 5.32 Å². The van der Waals surface area contributed by atoms with Crippen LogP contribution in [0.3, 0.4) is 0 Å². The van der Waals surface area contributed by atoms with Gasteiger partial charge in [0.25, 0.3) is 11.8 Å². The number of phenols is 2. The average molecular weight is 278 g/mol. The maximum absolute atomic E-state index is 12.4. The Balaban J connectivity index is 2.40. The Bertz CT molecular complexity index is 589. The number of carbonyl (C=O) groups is 3. The van der Waals surface area contributed by atoms with Gasteiger partial charge < -0.3 is 15.1 Å². The lowest BCUT2D eigenvalue weighted by Crippen LogP contribution is -2.65. The number of hydrogen-bond donors (Lipinski definition) is 3. The molecular weight excluding hydrogens is 264 g/mol. The molecule has 2 rings (SSSR count). The average Bonchev–Trinajstić information content (AvgIpc) is 2.32. The van der Waals surface area contributed by atoms with E-state index in [1.54, 1.807) is 0 Å². The summed E-state index contributed by atoms with van der Waals surface area (Å²) in [6.45, 7) is 2.75. The van der Waals surface area contributed by atoms with Gasteiger partial charge in [0, 0.05) is 11.6 Å². The number of imide groups is 1. The molecule has 1 fully saturated rings. The molecule has 3 amide bonds.